The van der Waals surface area contributed by atoms with Gasteiger partial charge in [0.2, 0.25) is 11.8 Å². The van der Waals surface area contributed by atoms with E-state index >= 15 is 0 Å². The average molecular weight is 763 g/mol. The SMILES string of the molecule is CC(C)(C)OC(=O)N1CC[C@H]1C(=O)N1CCC[C@H]1c1nc2cc(C#Cc3ccc4[nH]c([C@@H]5CCCN5C(=O)[C@@H]5CCN5C(=O)OC(C)(C)C)nc4c3)ccc2[nH]1. The van der Waals surface area contributed by atoms with Crippen LogP contribution in [0.25, 0.3) is 22.1 Å². The zero-order chi connectivity index (χ0) is 39.5. The molecule has 4 aliphatic heterocycles. The molecule has 0 radical (unpaired) electrons. The van der Waals surface area contributed by atoms with Crippen LogP contribution >= 0.6 is 0 Å². The van der Waals surface area contributed by atoms with Crippen LogP contribution in [0.5, 0.6) is 0 Å². The van der Waals surface area contributed by atoms with E-state index in [1.54, 1.807) is 0 Å². The highest BCUT2D eigenvalue weighted by molar-refractivity contribution is 5.89. The third-order valence-electron chi connectivity index (χ3n) is 10.9. The first-order valence-corrected chi connectivity index (χ1v) is 19.7. The lowest BCUT2D eigenvalue weighted by atomic mass is 10.0. The van der Waals surface area contributed by atoms with E-state index in [4.69, 9.17) is 19.4 Å². The first kappa shape index (κ1) is 37.3. The van der Waals surface area contributed by atoms with Gasteiger partial charge in [-0.3, -0.25) is 19.4 Å². The fourth-order valence-electron chi connectivity index (χ4n) is 8.05. The molecule has 0 unspecified atom stereocenters. The number of ether oxygens (including phenoxy) is 2. The van der Waals surface area contributed by atoms with Crippen LogP contribution in [-0.2, 0) is 19.1 Å². The molecule has 56 heavy (non-hydrogen) atoms. The minimum Gasteiger partial charge on any atom is -0.444 e. The maximum Gasteiger partial charge on any atom is 0.410 e. The number of likely N-dealkylation sites (tertiary alicyclic amines) is 4. The summed E-state index contributed by atoms with van der Waals surface area (Å²) in [4.78, 5) is 76.2. The van der Waals surface area contributed by atoms with Crippen LogP contribution in [0, 0.1) is 11.8 Å². The molecule has 8 rings (SSSR count). The van der Waals surface area contributed by atoms with E-state index in [2.05, 4.69) is 21.8 Å². The van der Waals surface area contributed by atoms with Crippen LogP contribution in [0.1, 0.15) is 115 Å². The summed E-state index contributed by atoms with van der Waals surface area (Å²) in [6.07, 6.45) is 3.63. The number of fused-ring (bicyclic) bond motifs is 2. The molecule has 0 bridgehead atoms. The van der Waals surface area contributed by atoms with Crippen LogP contribution in [-0.4, -0.2) is 113 Å². The minimum absolute atomic E-state index is 0.0630. The Balaban J connectivity index is 0.937. The largest absolute Gasteiger partial charge is 0.444 e. The van der Waals surface area contributed by atoms with Gasteiger partial charge in [0.15, 0.2) is 0 Å². The molecular formula is C42H50N8O6. The number of rotatable bonds is 4. The van der Waals surface area contributed by atoms with Crippen LogP contribution < -0.4 is 0 Å². The molecule has 0 aliphatic carbocycles. The van der Waals surface area contributed by atoms with E-state index in [-0.39, 0.29) is 23.9 Å². The van der Waals surface area contributed by atoms with Gasteiger partial charge >= 0.3 is 12.2 Å². The monoisotopic (exact) mass is 762 g/mol. The molecule has 0 saturated carbocycles. The predicted molar refractivity (Wildman–Crippen MR) is 208 cm³/mol. The maximum atomic E-state index is 13.7. The van der Waals surface area contributed by atoms with Gasteiger partial charge in [-0.15, -0.1) is 0 Å². The van der Waals surface area contributed by atoms with E-state index < -0.39 is 35.5 Å². The number of aromatic amines is 2. The normalized spacial score (nSPS) is 22.5. The van der Waals surface area contributed by atoms with Crippen molar-refractivity contribution >= 4 is 46.1 Å². The van der Waals surface area contributed by atoms with Crippen LogP contribution in [0.4, 0.5) is 9.59 Å². The average Bonchev–Trinajstić information content (AvgIpc) is 3.89. The number of H-pyrrole nitrogens is 2. The number of benzene rings is 2. The van der Waals surface area contributed by atoms with Crippen molar-refractivity contribution in [2.45, 2.75) is 115 Å². The fourth-order valence-corrected chi connectivity index (χ4v) is 8.05. The van der Waals surface area contributed by atoms with Crippen molar-refractivity contribution in [2.75, 3.05) is 26.2 Å². The van der Waals surface area contributed by atoms with Crippen molar-refractivity contribution in [3.8, 4) is 11.8 Å². The summed E-state index contributed by atoms with van der Waals surface area (Å²) >= 11 is 0. The lowest BCUT2D eigenvalue weighted by Crippen LogP contribution is -2.59. The molecule has 2 N–H and O–H groups in total. The lowest BCUT2D eigenvalue weighted by Gasteiger charge is -2.42. The summed E-state index contributed by atoms with van der Waals surface area (Å²) in [6, 6.07) is 10.3. The van der Waals surface area contributed by atoms with Crippen molar-refractivity contribution in [3.63, 3.8) is 0 Å². The predicted octanol–water partition coefficient (Wildman–Crippen LogP) is 6.18. The van der Waals surface area contributed by atoms with Gasteiger partial charge in [0.05, 0.1) is 34.2 Å². The van der Waals surface area contributed by atoms with Gasteiger partial charge in [0.25, 0.3) is 0 Å². The van der Waals surface area contributed by atoms with E-state index in [1.807, 2.05) is 87.7 Å². The van der Waals surface area contributed by atoms with Gasteiger partial charge in [0, 0.05) is 37.3 Å². The van der Waals surface area contributed by atoms with Crippen molar-refractivity contribution in [1.29, 1.82) is 0 Å². The second kappa shape index (κ2) is 14.2. The lowest BCUT2D eigenvalue weighted by molar-refractivity contribution is -0.142. The summed E-state index contributed by atoms with van der Waals surface area (Å²) in [5.41, 5.74) is 3.62. The summed E-state index contributed by atoms with van der Waals surface area (Å²) in [7, 11) is 0. The Kier molecular flexibility index (Phi) is 9.45. The highest BCUT2D eigenvalue weighted by atomic mass is 16.6. The topological polar surface area (TPSA) is 157 Å². The Labute approximate surface area is 326 Å². The Morgan fingerprint density at radius 1 is 0.607 bits per heavy atom. The first-order chi connectivity index (χ1) is 26.6. The smallest absolute Gasteiger partial charge is 0.410 e. The zero-order valence-electron chi connectivity index (χ0n) is 33.0. The quantitative estimate of drug-likeness (QED) is 0.233. The molecule has 4 aromatic rings. The second-order valence-corrected chi connectivity index (χ2v) is 17.3. The van der Waals surface area contributed by atoms with E-state index in [1.165, 1.54) is 9.80 Å². The number of aromatic nitrogens is 4. The van der Waals surface area contributed by atoms with Gasteiger partial charge in [-0.25, -0.2) is 19.6 Å². The van der Waals surface area contributed by atoms with Crippen molar-refractivity contribution in [2.24, 2.45) is 0 Å². The van der Waals surface area contributed by atoms with Gasteiger partial charge in [0.1, 0.15) is 34.9 Å². The molecule has 4 fully saturated rings. The summed E-state index contributed by atoms with van der Waals surface area (Å²) in [6.45, 7) is 13.2. The molecule has 2 aromatic heterocycles. The van der Waals surface area contributed by atoms with E-state index in [0.717, 1.165) is 70.5 Å². The van der Waals surface area contributed by atoms with Gasteiger partial charge in [-0.2, -0.15) is 0 Å². The summed E-state index contributed by atoms with van der Waals surface area (Å²) in [5.74, 6) is 7.88. The van der Waals surface area contributed by atoms with E-state index in [0.29, 0.717) is 39.0 Å². The molecule has 4 amide bonds. The number of imidazole rings is 2. The van der Waals surface area contributed by atoms with Crippen molar-refractivity contribution in [3.05, 3.63) is 59.2 Å². The Morgan fingerprint density at radius 3 is 1.38 bits per heavy atom. The molecule has 2 aromatic carbocycles. The number of hydrogen-bond donors (Lipinski definition) is 2. The minimum atomic E-state index is -0.626. The molecule has 6 heterocycles. The van der Waals surface area contributed by atoms with Crippen LogP contribution in [0.15, 0.2) is 36.4 Å². The van der Waals surface area contributed by atoms with Crippen molar-refractivity contribution in [1.82, 2.24) is 39.5 Å². The molecule has 4 saturated heterocycles. The van der Waals surface area contributed by atoms with Gasteiger partial charge in [-0.1, -0.05) is 11.8 Å². The molecule has 0 spiro atoms. The second-order valence-electron chi connectivity index (χ2n) is 17.3. The fraction of sp³-hybridized carbons (Fsp3) is 0.524. The number of amides is 4. The molecule has 14 heteroatoms. The summed E-state index contributed by atoms with van der Waals surface area (Å²) in [5, 5.41) is 0. The highest BCUT2D eigenvalue weighted by Crippen LogP contribution is 2.36. The maximum absolute atomic E-state index is 13.7. The Morgan fingerprint density at radius 2 is 1.02 bits per heavy atom. The Bertz CT molecular complexity index is 2110. The number of nitrogens with zero attached hydrogens (tertiary/aromatic N) is 6. The standard InChI is InChI=1S/C42H50N8O6/c1-41(2,3)55-39(53)49-21-17-33(49)37(51)47-19-7-9-31(47)35-43-27-15-13-25(23-29(27)45-35)11-12-26-14-16-28-30(24-26)46-36(44-28)32-10-8-20-48(32)38(52)34-18-22-50(34)40(54)56-42(4,5)6/h13-16,23-24,31-34H,7-10,17-22H2,1-6H3,(H,43,45)(H,44,46)/t31-,32-,33-,34-/m0/s1. The molecule has 4 atom stereocenters. The molecular weight excluding hydrogens is 713 g/mol. The number of hydrogen-bond acceptors (Lipinski definition) is 8. The highest BCUT2D eigenvalue weighted by Gasteiger charge is 2.46. The molecule has 4 aliphatic rings. The van der Waals surface area contributed by atoms with Crippen molar-refractivity contribution < 1.29 is 28.7 Å². The zero-order valence-corrected chi connectivity index (χ0v) is 33.0. The van der Waals surface area contributed by atoms with Crippen LogP contribution in [0.2, 0.25) is 0 Å². The third-order valence-corrected chi connectivity index (χ3v) is 10.9. The molecule has 294 valence electrons. The number of nitrogens with one attached hydrogen (secondary N) is 2. The molecule has 14 nitrogen and oxygen atoms in total. The number of carbonyl (C=O) groups is 4. The van der Waals surface area contributed by atoms with E-state index in [9.17, 15) is 19.2 Å². The summed E-state index contributed by atoms with van der Waals surface area (Å²) < 4.78 is 11.1. The first-order valence-electron chi connectivity index (χ1n) is 19.7. The van der Waals surface area contributed by atoms with Gasteiger partial charge < -0.3 is 29.2 Å². The van der Waals surface area contributed by atoms with Crippen LogP contribution in [0.3, 0.4) is 0 Å². The van der Waals surface area contributed by atoms with Gasteiger partial charge in [-0.05, 0) is 116 Å². The third kappa shape index (κ3) is 7.39. The Hall–Kier alpha value is -5.58. The number of carbonyl (C=O) groups excluding carboxylic acids is 4.